The van der Waals surface area contributed by atoms with E-state index in [1.165, 1.54) is 18.2 Å². The van der Waals surface area contributed by atoms with Gasteiger partial charge in [0.2, 0.25) is 11.0 Å². The number of non-ortho nitro benzene ring substituents is 1. The third kappa shape index (κ3) is 1.18. The molecule has 0 unspecified atom stereocenters. The lowest BCUT2D eigenvalue weighted by Gasteiger charge is -1.92. The first-order valence-electron chi connectivity index (χ1n) is 3.32. The molecule has 0 saturated carbocycles. The van der Waals surface area contributed by atoms with Gasteiger partial charge in [0.05, 0.1) is 11.0 Å². The van der Waals surface area contributed by atoms with E-state index in [2.05, 4.69) is 4.37 Å². The van der Waals surface area contributed by atoms with Gasteiger partial charge in [-0.2, -0.15) is 4.12 Å². The van der Waals surface area contributed by atoms with Crippen molar-refractivity contribution >= 4 is 28.4 Å². The number of fused-ring (bicyclic) bond motifs is 1. The van der Waals surface area contributed by atoms with E-state index in [9.17, 15) is 15.3 Å². The van der Waals surface area contributed by atoms with E-state index in [4.69, 9.17) is 0 Å². The number of nitro groups is 1. The zero-order valence-corrected chi connectivity index (χ0v) is 7.02. The lowest BCUT2D eigenvalue weighted by Crippen LogP contribution is -2.18. The molecule has 66 valence electrons. The van der Waals surface area contributed by atoms with Crippen LogP contribution in [0.3, 0.4) is 0 Å². The molecule has 0 saturated heterocycles. The van der Waals surface area contributed by atoms with Gasteiger partial charge in [-0.05, 0) is 0 Å². The minimum atomic E-state index is -0.545. The van der Waals surface area contributed by atoms with Crippen LogP contribution in [0, 0.1) is 15.3 Å². The van der Waals surface area contributed by atoms with Crippen LogP contribution >= 0.6 is 11.7 Å². The fourth-order valence-electron chi connectivity index (χ4n) is 0.974. The Hall–Kier alpha value is -1.76. The average Bonchev–Trinajstić information content (AvgIpc) is 2.47. The van der Waals surface area contributed by atoms with E-state index in [0.717, 1.165) is 11.7 Å². The standard InChI is InChI=1S/C6H3N3O3S/c10-8(11)4-1-2-5-6(3-4)9(12)13-7-5/h1-3H. The van der Waals surface area contributed by atoms with Gasteiger partial charge in [0, 0.05) is 16.5 Å². The Balaban J connectivity index is 2.72. The molecule has 2 rings (SSSR count). The largest absolute Gasteiger partial charge is 0.700 e. The number of benzene rings is 1. The summed E-state index contributed by atoms with van der Waals surface area (Å²) in [4.78, 5) is 9.81. The van der Waals surface area contributed by atoms with Crippen molar-refractivity contribution in [3.8, 4) is 0 Å². The van der Waals surface area contributed by atoms with Crippen LogP contribution in [0.4, 0.5) is 5.69 Å². The second-order valence-electron chi connectivity index (χ2n) is 2.36. The van der Waals surface area contributed by atoms with Gasteiger partial charge in [0.15, 0.2) is 0 Å². The monoisotopic (exact) mass is 197 g/mol. The normalized spacial score (nSPS) is 10.5. The number of aromatic nitrogens is 2. The van der Waals surface area contributed by atoms with Crippen LogP contribution in [-0.2, 0) is 0 Å². The summed E-state index contributed by atoms with van der Waals surface area (Å²) in [5.74, 6) is 0. The van der Waals surface area contributed by atoms with E-state index < -0.39 is 4.92 Å². The van der Waals surface area contributed by atoms with Gasteiger partial charge < -0.3 is 5.21 Å². The lowest BCUT2D eigenvalue weighted by atomic mass is 10.3. The summed E-state index contributed by atoms with van der Waals surface area (Å²) in [6.45, 7) is 0. The second-order valence-corrected chi connectivity index (χ2v) is 3.04. The third-order valence-corrected chi connectivity index (χ3v) is 2.20. The van der Waals surface area contributed by atoms with Crippen molar-refractivity contribution in [2.75, 3.05) is 0 Å². The Kier molecular flexibility index (Phi) is 1.59. The molecule has 0 bridgehead atoms. The SMILES string of the molecule is O=[N+]([O-])c1ccc2ns[n+]([O-])c2c1. The number of rotatable bonds is 1. The fraction of sp³-hybridized carbons (Fsp3) is 0. The van der Waals surface area contributed by atoms with Gasteiger partial charge in [-0.1, -0.05) is 0 Å². The summed E-state index contributed by atoms with van der Waals surface area (Å²) in [5.41, 5.74) is 0.613. The third-order valence-electron chi connectivity index (χ3n) is 1.58. The minimum absolute atomic E-state index is 0.0997. The minimum Gasteiger partial charge on any atom is -0.700 e. The molecule has 1 heterocycles. The first-order chi connectivity index (χ1) is 6.18. The first-order valence-corrected chi connectivity index (χ1v) is 4.05. The van der Waals surface area contributed by atoms with Gasteiger partial charge in [-0.3, -0.25) is 10.1 Å². The zero-order valence-electron chi connectivity index (χ0n) is 6.21. The predicted octanol–water partition coefficient (Wildman–Crippen LogP) is 0.838. The molecule has 0 amide bonds. The molecule has 6 nitrogen and oxygen atoms in total. The second kappa shape index (κ2) is 2.63. The van der Waals surface area contributed by atoms with Gasteiger partial charge in [0.25, 0.3) is 17.4 Å². The molecule has 0 aliphatic rings. The van der Waals surface area contributed by atoms with Crippen molar-refractivity contribution in [2.45, 2.75) is 0 Å². The molecule has 13 heavy (non-hydrogen) atoms. The predicted molar refractivity (Wildman–Crippen MR) is 45.2 cm³/mol. The topological polar surface area (TPSA) is 83.0 Å². The first kappa shape index (κ1) is 7.87. The van der Waals surface area contributed by atoms with Crippen LogP contribution in [0.15, 0.2) is 18.2 Å². The molecule has 1 aromatic carbocycles. The van der Waals surface area contributed by atoms with Crippen molar-refractivity contribution in [3.05, 3.63) is 33.5 Å². The van der Waals surface area contributed by atoms with Gasteiger partial charge in [-0.25, -0.2) is 0 Å². The number of hydrogen-bond donors (Lipinski definition) is 0. The molecule has 0 radical (unpaired) electrons. The molecular formula is C6H3N3O3S. The number of nitro benzene ring substituents is 1. The molecule has 1 aromatic heterocycles. The summed E-state index contributed by atoms with van der Waals surface area (Å²) < 4.78 is 4.33. The van der Waals surface area contributed by atoms with Crippen molar-refractivity contribution in [1.82, 2.24) is 4.37 Å². The van der Waals surface area contributed by atoms with Gasteiger partial charge in [0.1, 0.15) is 0 Å². The van der Waals surface area contributed by atoms with Crippen LogP contribution in [0.25, 0.3) is 11.0 Å². The lowest BCUT2D eigenvalue weighted by molar-refractivity contribution is -0.501. The van der Waals surface area contributed by atoms with Crippen molar-refractivity contribution < 1.29 is 9.04 Å². The summed E-state index contributed by atoms with van der Waals surface area (Å²) in [6, 6.07) is 3.99. The Morgan fingerprint density at radius 2 is 2.31 bits per heavy atom. The van der Waals surface area contributed by atoms with Crippen LogP contribution < -0.4 is 4.12 Å². The van der Waals surface area contributed by atoms with E-state index >= 15 is 0 Å². The number of nitrogens with zero attached hydrogens (tertiary/aromatic N) is 3. The molecule has 0 spiro atoms. The summed E-state index contributed by atoms with van der Waals surface area (Å²) in [7, 11) is 0. The molecule has 0 aliphatic heterocycles. The van der Waals surface area contributed by atoms with Crippen LogP contribution in [0.5, 0.6) is 0 Å². The average molecular weight is 197 g/mol. The van der Waals surface area contributed by atoms with E-state index in [0.29, 0.717) is 9.64 Å². The molecule has 0 atom stereocenters. The molecule has 7 heteroatoms. The summed E-state index contributed by atoms with van der Waals surface area (Å²) in [6.07, 6.45) is 0. The van der Waals surface area contributed by atoms with Crippen molar-refractivity contribution in [1.29, 1.82) is 0 Å². The maximum atomic E-state index is 11.0. The molecule has 0 aliphatic carbocycles. The van der Waals surface area contributed by atoms with Gasteiger partial charge in [-0.15, -0.1) is 0 Å². The number of hydrogen-bond acceptors (Lipinski definition) is 5. The van der Waals surface area contributed by atoms with Crippen LogP contribution in [0.2, 0.25) is 0 Å². The fourth-order valence-corrected chi connectivity index (χ4v) is 1.52. The zero-order chi connectivity index (χ0) is 9.42. The van der Waals surface area contributed by atoms with E-state index in [1.54, 1.807) is 0 Å². The van der Waals surface area contributed by atoms with Crippen LogP contribution in [-0.4, -0.2) is 9.30 Å². The highest BCUT2D eigenvalue weighted by molar-refractivity contribution is 6.95. The smallest absolute Gasteiger partial charge is 0.281 e. The summed E-state index contributed by atoms with van der Waals surface area (Å²) >= 11 is 0.727. The highest BCUT2D eigenvalue weighted by Gasteiger charge is 2.14. The van der Waals surface area contributed by atoms with E-state index in [1.807, 2.05) is 0 Å². The van der Waals surface area contributed by atoms with Gasteiger partial charge >= 0.3 is 0 Å². The Labute approximate surface area is 76.1 Å². The molecule has 0 fully saturated rings. The van der Waals surface area contributed by atoms with Crippen LogP contribution in [0.1, 0.15) is 0 Å². The molecular weight excluding hydrogens is 194 g/mol. The Morgan fingerprint density at radius 1 is 1.54 bits per heavy atom. The maximum Gasteiger partial charge on any atom is 0.281 e. The highest BCUT2D eigenvalue weighted by Crippen LogP contribution is 2.17. The highest BCUT2D eigenvalue weighted by atomic mass is 32.1. The summed E-state index contributed by atoms with van der Waals surface area (Å²) in [5, 5.41) is 21.4. The quantitative estimate of drug-likeness (QED) is 0.293. The Morgan fingerprint density at radius 3 is 3.00 bits per heavy atom. The maximum absolute atomic E-state index is 11.0. The molecule has 0 N–H and O–H groups in total. The van der Waals surface area contributed by atoms with E-state index in [-0.39, 0.29) is 11.2 Å². The van der Waals surface area contributed by atoms with Crippen molar-refractivity contribution in [3.63, 3.8) is 0 Å². The molecule has 2 aromatic rings. The van der Waals surface area contributed by atoms with Crippen molar-refractivity contribution in [2.24, 2.45) is 0 Å². The Bertz CT molecular complexity index is 481.